The fourth-order valence-corrected chi connectivity index (χ4v) is 3.43. The molecule has 1 heterocycles. The maximum atomic E-state index is 5.76. The van der Waals surface area contributed by atoms with Crippen molar-refractivity contribution in [2.45, 2.75) is 52.1 Å². The van der Waals surface area contributed by atoms with E-state index < -0.39 is 0 Å². The van der Waals surface area contributed by atoms with E-state index in [-0.39, 0.29) is 5.41 Å². The Balaban J connectivity index is 2.02. The number of aliphatic imine (C=N–C) groups is 1. The highest BCUT2D eigenvalue weighted by Gasteiger charge is 2.24. The van der Waals surface area contributed by atoms with Crippen LogP contribution in [0.25, 0.3) is 0 Å². The van der Waals surface area contributed by atoms with Gasteiger partial charge in [-0.15, -0.1) is 0 Å². The van der Waals surface area contributed by atoms with E-state index in [0.29, 0.717) is 6.10 Å². The van der Waals surface area contributed by atoms with Crippen molar-refractivity contribution < 1.29 is 4.74 Å². The molecule has 1 aromatic rings. The number of nitrogens with one attached hydrogen (secondary N) is 1. The Kier molecular flexibility index (Phi) is 7.76. The van der Waals surface area contributed by atoms with Crippen LogP contribution in [0.1, 0.15) is 46.1 Å². The molecule has 2 rings (SSSR count). The van der Waals surface area contributed by atoms with Gasteiger partial charge in [0.25, 0.3) is 0 Å². The third-order valence-electron chi connectivity index (χ3n) is 4.73. The molecule has 0 bridgehead atoms. The summed E-state index contributed by atoms with van der Waals surface area (Å²) in [6.07, 6.45) is 2.56. The standard InChI is InChI=1S/C20H32BrN3O/c1-5-22-19(24-13-11-18(12-14-24)25-6-2)23-15-20(3,4)16-7-9-17(21)10-8-16/h7-10,18H,5-6,11-15H2,1-4H3,(H,22,23). The van der Waals surface area contributed by atoms with Crippen LogP contribution in [0, 0.1) is 0 Å². The third-order valence-corrected chi connectivity index (χ3v) is 5.26. The Hall–Kier alpha value is -1.07. The van der Waals surface area contributed by atoms with E-state index in [2.05, 4.69) is 78.1 Å². The van der Waals surface area contributed by atoms with Crippen LogP contribution in [0.3, 0.4) is 0 Å². The Labute approximate surface area is 161 Å². The van der Waals surface area contributed by atoms with E-state index >= 15 is 0 Å². The molecule has 0 aromatic heterocycles. The highest BCUT2D eigenvalue weighted by atomic mass is 79.9. The van der Waals surface area contributed by atoms with E-state index in [1.54, 1.807) is 0 Å². The van der Waals surface area contributed by atoms with Crippen molar-refractivity contribution in [2.24, 2.45) is 4.99 Å². The summed E-state index contributed by atoms with van der Waals surface area (Å²) >= 11 is 3.51. The number of rotatable bonds is 6. The number of benzene rings is 1. The summed E-state index contributed by atoms with van der Waals surface area (Å²) in [6, 6.07) is 8.56. The molecule has 0 saturated carbocycles. The summed E-state index contributed by atoms with van der Waals surface area (Å²) in [6.45, 7) is 13.2. The summed E-state index contributed by atoms with van der Waals surface area (Å²) in [5.74, 6) is 1.03. The van der Waals surface area contributed by atoms with Crippen LogP contribution in [-0.2, 0) is 10.2 Å². The van der Waals surface area contributed by atoms with Gasteiger partial charge in [0, 0.05) is 36.1 Å². The molecule has 0 aliphatic carbocycles. The quantitative estimate of drug-likeness (QED) is 0.564. The highest BCUT2D eigenvalue weighted by Crippen LogP contribution is 2.25. The number of piperidine rings is 1. The van der Waals surface area contributed by atoms with Gasteiger partial charge in [-0.1, -0.05) is 41.9 Å². The molecule has 4 nitrogen and oxygen atoms in total. The molecule has 1 saturated heterocycles. The van der Waals surface area contributed by atoms with Crippen LogP contribution in [0.4, 0.5) is 0 Å². The van der Waals surface area contributed by atoms with Crippen LogP contribution in [0.15, 0.2) is 33.7 Å². The summed E-state index contributed by atoms with van der Waals surface area (Å²) in [5.41, 5.74) is 1.32. The number of nitrogens with zero attached hydrogens (tertiary/aromatic N) is 2. The fraction of sp³-hybridized carbons (Fsp3) is 0.650. The lowest BCUT2D eigenvalue weighted by Gasteiger charge is -2.34. The molecule has 0 unspecified atom stereocenters. The zero-order valence-electron chi connectivity index (χ0n) is 16.0. The summed E-state index contributed by atoms with van der Waals surface area (Å²) in [5, 5.41) is 3.46. The van der Waals surface area contributed by atoms with Crippen molar-refractivity contribution >= 4 is 21.9 Å². The monoisotopic (exact) mass is 409 g/mol. The predicted molar refractivity (Wildman–Crippen MR) is 109 cm³/mol. The van der Waals surface area contributed by atoms with Gasteiger partial charge in [0.05, 0.1) is 12.6 Å². The number of hydrogen-bond acceptors (Lipinski definition) is 2. The number of hydrogen-bond donors (Lipinski definition) is 1. The molecule has 1 aliphatic heterocycles. The highest BCUT2D eigenvalue weighted by molar-refractivity contribution is 9.10. The maximum absolute atomic E-state index is 5.76. The van der Waals surface area contributed by atoms with E-state index in [0.717, 1.165) is 56.1 Å². The normalized spacial score (nSPS) is 17.0. The fourth-order valence-electron chi connectivity index (χ4n) is 3.16. The first-order valence-electron chi connectivity index (χ1n) is 9.37. The molecular formula is C20H32BrN3O. The van der Waals surface area contributed by atoms with Crippen molar-refractivity contribution in [3.63, 3.8) is 0 Å². The minimum atomic E-state index is 0.00498. The molecule has 0 radical (unpaired) electrons. The smallest absolute Gasteiger partial charge is 0.193 e. The van der Waals surface area contributed by atoms with E-state index in [1.807, 2.05) is 0 Å². The molecule has 5 heteroatoms. The lowest BCUT2D eigenvalue weighted by molar-refractivity contribution is 0.0263. The Bertz CT molecular complexity index is 549. The number of ether oxygens (including phenoxy) is 1. The van der Waals surface area contributed by atoms with Crippen molar-refractivity contribution in [3.05, 3.63) is 34.3 Å². The molecule has 25 heavy (non-hydrogen) atoms. The molecule has 1 fully saturated rings. The summed E-state index contributed by atoms with van der Waals surface area (Å²) in [4.78, 5) is 7.33. The first-order chi connectivity index (χ1) is 12.0. The predicted octanol–water partition coefficient (Wildman–Crippen LogP) is 4.19. The van der Waals surface area contributed by atoms with Crippen molar-refractivity contribution in [1.82, 2.24) is 10.2 Å². The summed E-state index contributed by atoms with van der Waals surface area (Å²) in [7, 11) is 0. The van der Waals surface area contributed by atoms with Gasteiger partial charge in [0.1, 0.15) is 0 Å². The molecule has 0 spiro atoms. The largest absolute Gasteiger partial charge is 0.378 e. The minimum absolute atomic E-state index is 0.00498. The second-order valence-corrected chi connectivity index (χ2v) is 8.12. The second kappa shape index (κ2) is 9.58. The molecule has 1 N–H and O–H groups in total. The van der Waals surface area contributed by atoms with E-state index in [4.69, 9.17) is 9.73 Å². The van der Waals surface area contributed by atoms with Crippen molar-refractivity contribution in [2.75, 3.05) is 32.8 Å². The minimum Gasteiger partial charge on any atom is -0.378 e. The first-order valence-corrected chi connectivity index (χ1v) is 10.2. The van der Waals surface area contributed by atoms with Crippen LogP contribution in [0.5, 0.6) is 0 Å². The van der Waals surface area contributed by atoms with Crippen LogP contribution >= 0.6 is 15.9 Å². The van der Waals surface area contributed by atoms with Gasteiger partial charge < -0.3 is 15.0 Å². The van der Waals surface area contributed by atoms with Crippen LogP contribution in [0.2, 0.25) is 0 Å². The second-order valence-electron chi connectivity index (χ2n) is 7.20. The lowest BCUT2D eigenvalue weighted by atomic mass is 9.85. The molecule has 0 amide bonds. The average molecular weight is 410 g/mol. The number of halogens is 1. The molecular weight excluding hydrogens is 378 g/mol. The molecule has 1 aliphatic rings. The summed E-state index contributed by atoms with van der Waals surface area (Å²) < 4.78 is 6.87. The zero-order valence-corrected chi connectivity index (χ0v) is 17.6. The molecule has 0 atom stereocenters. The number of likely N-dealkylation sites (tertiary alicyclic amines) is 1. The molecule has 1 aromatic carbocycles. The number of guanidine groups is 1. The third kappa shape index (κ3) is 6.00. The van der Waals surface area contributed by atoms with Crippen molar-refractivity contribution in [1.29, 1.82) is 0 Å². The van der Waals surface area contributed by atoms with Gasteiger partial charge >= 0.3 is 0 Å². The zero-order chi connectivity index (χ0) is 18.3. The van der Waals surface area contributed by atoms with Gasteiger partial charge in [0.15, 0.2) is 5.96 Å². The first kappa shape index (κ1) is 20.2. The SMILES string of the molecule is CCNC(=NCC(C)(C)c1ccc(Br)cc1)N1CCC(OCC)CC1. The van der Waals surface area contributed by atoms with Gasteiger partial charge in [0.2, 0.25) is 0 Å². The van der Waals surface area contributed by atoms with Gasteiger partial charge in [-0.2, -0.15) is 0 Å². The average Bonchev–Trinajstić information content (AvgIpc) is 2.60. The Morgan fingerprint density at radius 2 is 1.88 bits per heavy atom. The van der Waals surface area contributed by atoms with Gasteiger partial charge in [-0.3, -0.25) is 4.99 Å². The molecule has 140 valence electrons. The lowest BCUT2D eigenvalue weighted by Crippen LogP contribution is -2.47. The maximum Gasteiger partial charge on any atom is 0.193 e. The Morgan fingerprint density at radius 1 is 1.24 bits per heavy atom. The topological polar surface area (TPSA) is 36.9 Å². The Morgan fingerprint density at radius 3 is 2.44 bits per heavy atom. The van der Waals surface area contributed by atoms with Gasteiger partial charge in [-0.25, -0.2) is 0 Å². The van der Waals surface area contributed by atoms with Gasteiger partial charge in [-0.05, 0) is 44.4 Å². The van der Waals surface area contributed by atoms with Crippen LogP contribution in [-0.4, -0.2) is 49.7 Å². The van der Waals surface area contributed by atoms with Crippen LogP contribution < -0.4 is 5.32 Å². The van der Waals surface area contributed by atoms with E-state index in [9.17, 15) is 0 Å². The van der Waals surface area contributed by atoms with Crippen molar-refractivity contribution in [3.8, 4) is 0 Å². The van der Waals surface area contributed by atoms with E-state index in [1.165, 1.54) is 5.56 Å².